The molecule has 2 aromatic rings. The molecular weight excluding hydrogens is 353 g/mol. The van der Waals surface area contributed by atoms with E-state index in [0.29, 0.717) is 24.4 Å². The molecule has 0 bridgehead atoms. The topological polar surface area (TPSA) is 36.4 Å². The highest BCUT2D eigenvalue weighted by Crippen LogP contribution is 2.27. The monoisotopic (exact) mass is 383 g/mol. The van der Waals surface area contributed by atoms with Crippen LogP contribution in [0.3, 0.4) is 0 Å². The lowest BCUT2D eigenvalue weighted by Crippen LogP contribution is -2.43. The Labute approximate surface area is 167 Å². The molecule has 1 fully saturated rings. The number of carbonyl (C=O) groups excluding carboxylic acids is 1. The van der Waals surface area contributed by atoms with Gasteiger partial charge in [0.2, 0.25) is 5.91 Å². The number of hydrogen-bond acceptors (Lipinski definition) is 3. The average molecular weight is 384 g/mol. The van der Waals surface area contributed by atoms with E-state index in [0.717, 1.165) is 50.4 Å². The van der Waals surface area contributed by atoms with Crippen molar-refractivity contribution < 1.29 is 9.18 Å². The maximum absolute atomic E-state index is 13.9. The summed E-state index contributed by atoms with van der Waals surface area (Å²) in [6.07, 6.45) is 2.51. The lowest BCUT2D eigenvalue weighted by Gasteiger charge is -2.32. The molecule has 1 aromatic heterocycles. The molecule has 28 heavy (non-hydrogen) atoms. The number of benzene rings is 1. The fraction of sp³-hybridized carbons (Fsp3) is 0.478. The number of hydrogen-bond donors (Lipinski definition) is 0. The van der Waals surface area contributed by atoms with E-state index in [9.17, 15) is 9.18 Å². The Balaban J connectivity index is 1.57. The van der Waals surface area contributed by atoms with Gasteiger partial charge >= 0.3 is 0 Å². The Kier molecular flexibility index (Phi) is 7.15. The van der Waals surface area contributed by atoms with Crippen molar-refractivity contribution in [3.8, 4) is 0 Å². The minimum atomic E-state index is -0.180. The summed E-state index contributed by atoms with van der Waals surface area (Å²) in [6.45, 7) is 7.92. The number of rotatable bonds is 7. The Hall–Kier alpha value is -2.27. The fourth-order valence-corrected chi connectivity index (χ4v) is 3.92. The minimum Gasteiger partial charge on any atom is -0.342 e. The Bertz CT molecular complexity index is 783. The molecule has 1 saturated heterocycles. The number of pyridine rings is 1. The summed E-state index contributed by atoms with van der Waals surface area (Å²) in [5.41, 5.74) is 2.67. The van der Waals surface area contributed by atoms with Crippen LogP contribution >= 0.6 is 0 Å². The van der Waals surface area contributed by atoms with E-state index in [2.05, 4.69) is 11.0 Å². The van der Waals surface area contributed by atoms with E-state index < -0.39 is 0 Å². The first-order chi connectivity index (χ1) is 13.6. The second-order valence-corrected chi connectivity index (χ2v) is 7.44. The summed E-state index contributed by atoms with van der Waals surface area (Å²) in [7, 11) is 0. The number of amides is 1. The Morgan fingerprint density at radius 3 is 2.50 bits per heavy atom. The predicted molar refractivity (Wildman–Crippen MR) is 110 cm³/mol. The Morgan fingerprint density at radius 2 is 1.82 bits per heavy atom. The molecular formula is C23H30FN3O. The van der Waals surface area contributed by atoms with Gasteiger partial charge < -0.3 is 4.90 Å². The van der Waals surface area contributed by atoms with Crippen molar-refractivity contribution in [1.82, 2.24) is 14.8 Å². The van der Waals surface area contributed by atoms with Crippen molar-refractivity contribution in [3.05, 3.63) is 65.2 Å². The molecule has 0 unspecified atom stereocenters. The van der Waals surface area contributed by atoms with Crippen molar-refractivity contribution in [1.29, 1.82) is 0 Å². The summed E-state index contributed by atoms with van der Waals surface area (Å²) in [5.74, 6) is 0.440. The molecule has 4 nitrogen and oxygen atoms in total. The van der Waals surface area contributed by atoms with Gasteiger partial charge in [0, 0.05) is 36.8 Å². The van der Waals surface area contributed by atoms with E-state index in [1.807, 2.05) is 43.0 Å². The molecule has 0 radical (unpaired) electrons. The molecule has 1 aromatic carbocycles. The second kappa shape index (κ2) is 9.78. The number of piperidine rings is 1. The number of carbonyl (C=O) groups is 1. The quantitative estimate of drug-likeness (QED) is 0.728. The molecule has 0 atom stereocenters. The molecule has 150 valence electrons. The highest BCUT2D eigenvalue weighted by atomic mass is 19.1. The summed E-state index contributed by atoms with van der Waals surface area (Å²) in [5, 5.41) is 0. The average Bonchev–Trinajstić information content (AvgIpc) is 2.71. The fourth-order valence-electron chi connectivity index (χ4n) is 3.92. The lowest BCUT2D eigenvalue weighted by atomic mass is 9.92. The SMILES string of the molecule is CCN(CC)C(=O)CN1CCC(c2cccc(Cc3ccccc3F)n2)CC1. The van der Waals surface area contributed by atoms with Gasteiger partial charge in [0.1, 0.15) is 5.82 Å². The second-order valence-electron chi connectivity index (χ2n) is 7.44. The lowest BCUT2D eigenvalue weighted by molar-refractivity contribution is -0.132. The summed E-state index contributed by atoms with van der Waals surface area (Å²) in [4.78, 5) is 21.3. The molecule has 1 amide bonds. The highest BCUT2D eigenvalue weighted by Gasteiger charge is 2.24. The van der Waals surface area contributed by atoms with Crippen molar-refractivity contribution in [2.24, 2.45) is 0 Å². The van der Waals surface area contributed by atoms with Crippen LogP contribution in [0, 0.1) is 5.82 Å². The zero-order valence-corrected chi connectivity index (χ0v) is 16.9. The molecule has 1 aliphatic rings. The van der Waals surface area contributed by atoms with Gasteiger partial charge in [-0.1, -0.05) is 24.3 Å². The van der Waals surface area contributed by atoms with Crippen LogP contribution < -0.4 is 0 Å². The molecule has 0 saturated carbocycles. The highest BCUT2D eigenvalue weighted by molar-refractivity contribution is 5.78. The first-order valence-corrected chi connectivity index (χ1v) is 10.3. The van der Waals surface area contributed by atoms with Gasteiger partial charge in [0.15, 0.2) is 0 Å². The van der Waals surface area contributed by atoms with Crippen molar-refractivity contribution in [3.63, 3.8) is 0 Å². The molecule has 0 aliphatic carbocycles. The van der Waals surface area contributed by atoms with Gasteiger partial charge in [-0.3, -0.25) is 14.7 Å². The molecule has 3 rings (SSSR count). The van der Waals surface area contributed by atoms with E-state index in [-0.39, 0.29) is 11.7 Å². The third kappa shape index (κ3) is 5.16. The van der Waals surface area contributed by atoms with Gasteiger partial charge in [-0.2, -0.15) is 0 Å². The zero-order chi connectivity index (χ0) is 19.9. The predicted octanol–water partition coefficient (Wildman–Crippen LogP) is 3.86. The van der Waals surface area contributed by atoms with Gasteiger partial charge in [0.05, 0.1) is 6.54 Å². The molecule has 1 aliphatic heterocycles. The van der Waals surface area contributed by atoms with Crippen LogP contribution in [0.2, 0.25) is 0 Å². The van der Waals surface area contributed by atoms with Crippen LogP contribution in [0.15, 0.2) is 42.5 Å². The maximum atomic E-state index is 13.9. The number of likely N-dealkylation sites (N-methyl/N-ethyl adjacent to an activating group) is 1. The third-order valence-corrected chi connectivity index (χ3v) is 5.64. The van der Waals surface area contributed by atoms with Crippen LogP contribution in [0.5, 0.6) is 0 Å². The van der Waals surface area contributed by atoms with Crippen LogP contribution in [-0.4, -0.2) is 53.4 Å². The van der Waals surface area contributed by atoms with E-state index in [4.69, 9.17) is 4.98 Å². The zero-order valence-electron chi connectivity index (χ0n) is 16.9. The molecule has 5 heteroatoms. The number of halogens is 1. The van der Waals surface area contributed by atoms with Crippen LogP contribution in [-0.2, 0) is 11.2 Å². The minimum absolute atomic E-state index is 0.180. The summed E-state index contributed by atoms with van der Waals surface area (Å²) in [6, 6.07) is 12.9. The molecule has 0 spiro atoms. The standard InChI is InChI=1S/C23H30FN3O/c1-3-27(4-2)23(28)17-26-14-12-18(13-15-26)22-11-7-9-20(25-22)16-19-8-5-6-10-21(19)24/h5-11,18H,3-4,12-17H2,1-2H3. The molecule has 2 heterocycles. The first kappa shape index (κ1) is 20.5. The van der Waals surface area contributed by atoms with Crippen molar-refractivity contribution >= 4 is 5.91 Å². The van der Waals surface area contributed by atoms with Gasteiger partial charge in [-0.25, -0.2) is 4.39 Å². The third-order valence-electron chi connectivity index (χ3n) is 5.64. The largest absolute Gasteiger partial charge is 0.342 e. The van der Waals surface area contributed by atoms with Gasteiger partial charge in [-0.15, -0.1) is 0 Å². The number of likely N-dealkylation sites (tertiary alicyclic amines) is 1. The summed E-state index contributed by atoms with van der Waals surface area (Å²) < 4.78 is 13.9. The normalized spacial score (nSPS) is 15.5. The summed E-state index contributed by atoms with van der Waals surface area (Å²) >= 11 is 0. The van der Waals surface area contributed by atoms with E-state index in [1.165, 1.54) is 6.07 Å². The van der Waals surface area contributed by atoms with E-state index >= 15 is 0 Å². The smallest absolute Gasteiger partial charge is 0.236 e. The first-order valence-electron chi connectivity index (χ1n) is 10.3. The number of aromatic nitrogens is 1. The Morgan fingerprint density at radius 1 is 1.11 bits per heavy atom. The van der Waals surface area contributed by atoms with Crippen LogP contribution in [0.25, 0.3) is 0 Å². The van der Waals surface area contributed by atoms with Crippen LogP contribution in [0.1, 0.15) is 49.6 Å². The van der Waals surface area contributed by atoms with Crippen LogP contribution in [0.4, 0.5) is 4.39 Å². The van der Waals surface area contributed by atoms with Crippen molar-refractivity contribution in [2.75, 3.05) is 32.7 Å². The van der Waals surface area contributed by atoms with E-state index in [1.54, 1.807) is 6.07 Å². The molecule has 0 N–H and O–H groups in total. The van der Waals surface area contributed by atoms with Gasteiger partial charge in [-0.05, 0) is 63.5 Å². The van der Waals surface area contributed by atoms with Crippen molar-refractivity contribution in [2.45, 2.75) is 39.0 Å². The number of nitrogens with zero attached hydrogens (tertiary/aromatic N) is 3. The van der Waals surface area contributed by atoms with Gasteiger partial charge in [0.25, 0.3) is 0 Å². The maximum Gasteiger partial charge on any atom is 0.236 e.